The van der Waals surface area contributed by atoms with Crippen LogP contribution in [0.1, 0.15) is 11.1 Å². The second-order valence-electron chi connectivity index (χ2n) is 5.67. The molecule has 3 heterocycles. The van der Waals surface area contributed by atoms with Gasteiger partial charge < -0.3 is 8.98 Å². The first kappa shape index (κ1) is 16.7. The molecule has 0 amide bonds. The Bertz CT molecular complexity index is 1070. The number of fused-ring (bicyclic) bond motifs is 1. The van der Waals surface area contributed by atoms with Crippen molar-refractivity contribution >= 4 is 22.8 Å². The Morgan fingerprint density at radius 2 is 1.92 bits per heavy atom. The molecule has 0 bridgehead atoms. The van der Waals surface area contributed by atoms with Gasteiger partial charge in [-0.15, -0.1) is 0 Å². The number of benzene rings is 1. The molecule has 0 saturated heterocycles. The van der Waals surface area contributed by atoms with E-state index in [9.17, 15) is 13.2 Å². The van der Waals surface area contributed by atoms with Gasteiger partial charge in [0.05, 0.1) is 24.7 Å². The zero-order valence-corrected chi connectivity index (χ0v) is 13.9. The monoisotopic (exact) mass is 377 g/mol. The highest BCUT2D eigenvalue weighted by Crippen LogP contribution is 2.36. The highest BCUT2D eigenvalue weighted by Gasteiger charge is 2.35. The molecule has 0 saturated carbocycles. The number of aromatic nitrogens is 3. The fraction of sp³-hybridized carbons (Fsp3) is 0.111. The van der Waals surface area contributed by atoms with Gasteiger partial charge in [-0.05, 0) is 29.8 Å². The number of furan rings is 1. The van der Waals surface area contributed by atoms with Crippen LogP contribution in [0.3, 0.4) is 0 Å². The van der Waals surface area contributed by atoms with E-state index in [1.165, 1.54) is 17.2 Å². The Morgan fingerprint density at radius 1 is 1.12 bits per heavy atom. The maximum absolute atomic E-state index is 13.5. The van der Waals surface area contributed by atoms with Crippen molar-refractivity contribution in [3.63, 3.8) is 0 Å². The van der Waals surface area contributed by atoms with Gasteiger partial charge >= 0.3 is 6.18 Å². The molecule has 0 spiro atoms. The van der Waals surface area contributed by atoms with E-state index in [0.29, 0.717) is 5.02 Å². The summed E-state index contributed by atoms with van der Waals surface area (Å²) >= 11 is 6.16. The predicted octanol–water partition coefficient (Wildman–Crippen LogP) is 5.41. The summed E-state index contributed by atoms with van der Waals surface area (Å²) in [5.74, 6) is 0.253. The molecule has 0 atom stereocenters. The molecule has 0 unspecified atom stereocenters. The molecule has 0 aliphatic heterocycles. The lowest BCUT2D eigenvalue weighted by Gasteiger charge is -2.10. The molecular weight excluding hydrogens is 367 g/mol. The number of halogens is 4. The minimum atomic E-state index is -4.56. The number of hydrogen-bond acceptors (Lipinski definition) is 3. The minimum Gasteiger partial charge on any atom is -0.463 e. The number of alkyl halides is 3. The molecule has 0 fully saturated rings. The molecule has 1 aromatic carbocycles. The third kappa shape index (κ3) is 2.94. The molecule has 8 heteroatoms. The van der Waals surface area contributed by atoms with Gasteiger partial charge in [-0.2, -0.15) is 13.2 Å². The third-order valence-electron chi connectivity index (χ3n) is 3.95. The van der Waals surface area contributed by atoms with Crippen LogP contribution in [-0.2, 0) is 12.7 Å². The molecule has 0 aliphatic carbocycles. The molecule has 0 radical (unpaired) electrons. The van der Waals surface area contributed by atoms with Crippen molar-refractivity contribution in [1.29, 1.82) is 0 Å². The maximum Gasteiger partial charge on any atom is 0.418 e. The van der Waals surface area contributed by atoms with Crippen molar-refractivity contribution in [1.82, 2.24) is 14.5 Å². The summed E-state index contributed by atoms with van der Waals surface area (Å²) in [7, 11) is 0. The zero-order valence-electron chi connectivity index (χ0n) is 13.2. The minimum absolute atomic E-state index is 0.0933. The van der Waals surface area contributed by atoms with Crippen molar-refractivity contribution in [3.8, 4) is 11.5 Å². The molecule has 132 valence electrons. The van der Waals surface area contributed by atoms with Gasteiger partial charge in [-0.3, -0.25) is 0 Å². The largest absolute Gasteiger partial charge is 0.463 e. The van der Waals surface area contributed by atoms with Gasteiger partial charge in [0.25, 0.3) is 0 Å². The van der Waals surface area contributed by atoms with E-state index in [2.05, 4.69) is 9.97 Å². The highest BCUT2D eigenvalue weighted by atomic mass is 35.5. The first-order valence-electron chi connectivity index (χ1n) is 7.64. The molecule has 0 aliphatic rings. The number of hydrogen-bond donors (Lipinski definition) is 0. The van der Waals surface area contributed by atoms with E-state index in [0.717, 1.165) is 11.6 Å². The van der Waals surface area contributed by atoms with Gasteiger partial charge in [-0.1, -0.05) is 29.8 Å². The number of nitrogens with zero attached hydrogens (tertiary/aromatic N) is 3. The summed E-state index contributed by atoms with van der Waals surface area (Å²) < 4.78 is 47.3. The summed E-state index contributed by atoms with van der Waals surface area (Å²) in [6.45, 7) is 0.252. The van der Waals surface area contributed by atoms with Crippen molar-refractivity contribution in [2.45, 2.75) is 12.7 Å². The number of rotatable bonds is 3. The molecule has 4 rings (SSSR count). The normalized spacial score (nSPS) is 12.0. The molecule has 0 N–H and O–H groups in total. The van der Waals surface area contributed by atoms with Gasteiger partial charge in [0.2, 0.25) is 0 Å². The second-order valence-corrected chi connectivity index (χ2v) is 6.07. The van der Waals surface area contributed by atoms with Crippen molar-refractivity contribution in [2.75, 3.05) is 0 Å². The standard InChI is InChI=1S/C18H11ClF3N3O/c19-13-5-2-1-4-11(13)9-25-10-23-16-12(18(20,21)22)8-14(24-17(16)25)15-6-3-7-26-15/h1-8,10H,9H2. The summed E-state index contributed by atoms with van der Waals surface area (Å²) in [5.41, 5.74) is -0.0965. The summed E-state index contributed by atoms with van der Waals surface area (Å²) in [4.78, 5) is 8.28. The lowest BCUT2D eigenvalue weighted by molar-refractivity contribution is -0.136. The molecule has 4 aromatic rings. The third-order valence-corrected chi connectivity index (χ3v) is 4.32. The lowest BCUT2D eigenvalue weighted by atomic mass is 10.1. The van der Waals surface area contributed by atoms with Crippen molar-refractivity contribution in [3.05, 3.63) is 71.2 Å². The first-order chi connectivity index (χ1) is 12.4. The maximum atomic E-state index is 13.5. The smallest absolute Gasteiger partial charge is 0.418 e. The Kier molecular flexibility index (Phi) is 3.96. The average molecular weight is 378 g/mol. The Labute approximate surface area is 150 Å². The summed E-state index contributed by atoms with van der Waals surface area (Å²) in [6, 6.07) is 11.2. The Balaban J connectivity index is 1.91. The van der Waals surface area contributed by atoms with Gasteiger partial charge in [0.1, 0.15) is 11.2 Å². The van der Waals surface area contributed by atoms with E-state index in [1.807, 2.05) is 6.07 Å². The van der Waals surface area contributed by atoms with Crippen LogP contribution in [0, 0.1) is 0 Å². The van der Waals surface area contributed by atoms with Crippen LogP contribution < -0.4 is 0 Å². The number of pyridine rings is 1. The van der Waals surface area contributed by atoms with Gasteiger partial charge in [-0.25, -0.2) is 9.97 Å². The van der Waals surface area contributed by atoms with Crippen molar-refractivity contribution < 1.29 is 17.6 Å². The van der Waals surface area contributed by atoms with Crippen LogP contribution in [0.5, 0.6) is 0 Å². The van der Waals surface area contributed by atoms with Crippen LogP contribution in [0.2, 0.25) is 5.02 Å². The van der Waals surface area contributed by atoms with E-state index < -0.39 is 11.7 Å². The van der Waals surface area contributed by atoms with Crippen LogP contribution >= 0.6 is 11.6 Å². The van der Waals surface area contributed by atoms with Crippen LogP contribution in [-0.4, -0.2) is 14.5 Å². The van der Waals surface area contributed by atoms with Crippen molar-refractivity contribution in [2.24, 2.45) is 0 Å². The van der Waals surface area contributed by atoms with E-state index in [-0.39, 0.29) is 29.2 Å². The fourth-order valence-electron chi connectivity index (χ4n) is 2.73. The fourth-order valence-corrected chi connectivity index (χ4v) is 2.92. The lowest BCUT2D eigenvalue weighted by Crippen LogP contribution is -2.08. The molecule has 4 nitrogen and oxygen atoms in total. The topological polar surface area (TPSA) is 43.9 Å². The molecule has 3 aromatic heterocycles. The predicted molar refractivity (Wildman–Crippen MR) is 90.8 cm³/mol. The van der Waals surface area contributed by atoms with Crippen LogP contribution in [0.25, 0.3) is 22.6 Å². The quantitative estimate of drug-likeness (QED) is 0.479. The molecular formula is C18H11ClF3N3O. The summed E-state index contributed by atoms with van der Waals surface area (Å²) in [6.07, 6.45) is -1.84. The average Bonchev–Trinajstić information content (AvgIpc) is 3.25. The SMILES string of the molecule is FC(F)(F)c1cc(-c2ccco2)nc2c1ncn2Cc1ccccc1Cl. The second kappa shape index (κ2) is 6.17. The molecule has 26 heavy (non-hydrogen) atoms. The zero-order chi connectivity index (χ0) is 18.3. The van der Waals surface area contributed by atoms with E-state index in [4.69, 9.17) is 16.0 Å². The van der Waals surface area contributed by atoms with Gasteiger partial charge in [0, 0.05) is 5.02 Å². The van der Waals surface area contributed by atoms with Crippen LogP contribution in [0.15, 0.2) is 59.5 Å². The summed E-state index contributed by atoms with van der Waals surface area (Å²) in [5, 5.41) is 0.521. The first-order valence-corrected chi connectivity index (χ1v) is 8.01. The highest BCUT2D eigenvalue weighted by molar-refractivity contribution is 6.31. The number of imidazole rings is 1. The van der Waals surface area contributed by atoms with Crippen LogP contribution in [0.4, 0.5) is 13.2 Å². The Hall–Kier alpha value is -2.80. The van der Waals surface area contributed by atoms with Gasteiger partial charge in [0.15, 0.2) is 11.4 Å². The van der Waals surface area contributed by atoms with E-state index in [1.54, 1.807) is 30.3 Å². The Morgan fingerprint density at radius 3 is 2.62 bits per heavy atom. The van der Waals surface area contributed by atoms with E-state index >= 15 is 0 Å².